The van der Waals surface area contributed by atoms with Crippen LogP contribution in [0.2, 0.25) is 0 Å². The van der Waals surface area contributed by atoms with Gasteiger partial charge in [-0.05, 0) is 50.0 Å². The van der Waals surface area contributed by atoms with E-state index in [9.17, 15) is 29.1 Å². The quantitative estimate of drug-likeness (QED) is 0.0871. The van der Waals surface area contributed by atoms with Crippen molar-refractivity contribution in [1.29, 1.82) is 10.5 Å². The Balaban J connectivity index is 0.000000693. The van der Waals surface area contributed by atoms with Gasteiger partial charge in [0.15, 0.2) is 0 Å². The Morgan fingerprint density at radius 3 is 1.76 bits per heavy atom. The van der Waals surface area contributed by atoms with E-state index in [4.69, 9.17) is 15.3 Å². The number of nitriles is 2. The number of methoxy groups -OCH3 is 2. The number of alkyl carbamates (subject to hydrolysis) is 1. The zero-order chi connectivity index (χ0) is 37.8. The Labute approximate surface area is 292 Å². The Bertz CT molecular complexity index is 1570. The maximum Gasteiger partial charge on any atom is 0.407 e. The van der Waals surface area contributed by atoms with Gasteiger partial charge in [0.1, 0.15) is 30.0 Å². The van der Waals surface area contributed by atoms with Crippen LogP contribution in [0, 0.1) is 28.6 Å². The highest BCUT2D eigenvalue weighted by atomic mass is 16.6. The van der Waals surface area contributed by atoms with E-state index in [2.05, 4.69) is 14.8 Å². The molecule has 3 rings (SSSR count). The SMILES string of the molecule is CC(C)(C)OC(=O)NCC(Cc1ccccc1)C(=O)O.COC(=O)/C(C#N)=C/c1ccccc1.COC(=O)CC#N.O=CCc1ccccc1. The van der Waals surface area contributed by atoms with Crippen molar-refractivity contribution in [2.45, 2.75) is 45.6 Å². The van der Waals surface area contributed by atoms with Crippen LogP contribution in [0.1, 0.15) is 43.9 Å². The lowest BCUT2D eigenvalue weighted by Gasteiger charge is -2.20. The summed E-state index contributed by atoms with van der Waals surface area (Å²) in [6, 6.07) is 31.6. The standard InChI is InChI=1S/C15H21NO4.C11H9NO2.C8H8O.C4H5NO2/c1-15(2,3)20-14(19)16-10-12(13(17)18)9-11-7-5-4-6-8-11;1-14-11(13)10(8-12)7-9-5-3-2-4-6-9;9-7-6-8-4-2-1-3-5-8;1-7-4(6)2-3-5/h4-8,12H,9-10H2,1-3H3,(H,16,19)(H,17,18);2-7H,1H3;1-5,7H,6H2;2H2,1H3/b;10-7+;;. The first kappa shape index (κ1) is 43.7. The average Bonchev–Trinajstić information content (AvgIpc) is 3.10. The first-order chi connectivity index (χ1) is 23.8. The molecule has 0 saturated heterocycles. The van der Waals surface area contributed by atoms with Gasteiger partial charge in [-0.2, -0.15) is 10.5 Å². The van der Waals surface area contributed by atoms with E-state index in [0.717, 1.165) is 23.0 Å². The number of carbonyl (C=O) groups is 5. The minimum Gasteiger partial charge on any atom is -0.481 e. The van der Waals surface area contributed by atoms with Crippen LogP contribution in [0.4, 0.5) is 4.79 Å². The van der Waals surface area contributed by atoms with Crippen LogP contribution in [0.25, 0.3) is 6.08 Å². The number of hydrogen-bond donors (Lipinski definition) is 2. The summed E-state index contributed by atoms with van der Waals surface area (Å²) in [5, 5.41) is 28.2. The van der Waals surface area contributed by atoms with E-state index < -0.39 is 35.5 Å². The molecule has 0 saturated carbocycles. The molecule has 0 aromatic heterocycles. The highest BCUT2D eigenvalue weighted by molar-refractivity contribution is 5.97. The average molecular weight is 686 g/mol. The molecule has 12 nitrogen and oxygen atoms in total. The molecule has 0 heterocycles. The molecular formula is C38H43N3O9. The number of ether oxygens (including phenoxy) is 3. The van der Waals surface area contributed by atoms with E-state index in [1.54, 1.807) is 45.0 Å². The van der Waals surface area contributed by atoms with Crippen molar-refractivity contribution in [3.63, 3.8) is 0 Å². The van der Waals surface area contributed by atoms with Gasteiger partial charge >= 0.3 is 24.0 Å². The molecule has 0 radical (unpaired) electrons. The maximum absolute atomic E-state index is 11.5. The lowest BCUT2D eigenvalue weighted by Crippen LogP contribution is -2.37. The first-order valence-corrected chi connectivity index (χ1v) is 15.2. The zero-order valence-corrected chi connectivity index (χ0v) is 28.8. The molecule has 0 aliphatic rings. The Kier molecular flexibility index (Phi) is 22.5. The fourth-order valence-electron chi connectivity index (χ4n) is 3.48. The van der Waals surface area contributed by atoms with Crippen molar-refractivity contribution >= 4 is 36.4 Å². The van der Waals surface area contributed by atoms with Crippen LogP contribution in [0.3, 0.4) is 0 Å². The Morgan fingerprint density at radius 2 is 1.36 bits per heavy atom. The van der Waals surface area contributed by atoms with Crippen molar-refractivity contribution in [1.82, 2.24) is 5.32 Å². The van der Waals surface area contributed by atoms with E-state index >= 15 is 0 Å². The van der Waals surface area contributed by atoms with E-state index in [-0.39, 0.29) is 18.5 Å². The van der Waals surface area contributed by atoms with E-state index in [1.165, 1.54) is 20.3 Å². The van der Waals surface area contributed by atoms with Crippen molar-refractivity contribution < 1.29 is 43.3 Å². The third kappa shape index (κ3) is 22.3. The number of carbonyl (C=O) groups excluding carboxylic acids is 4. The van der Waals surface area contributed by atoms with Gasteiger partial charge in [0, 0.05) is 13.0 Å². The summed E-state index contributed by atoms with van der Waals surface area (Å²) in [7, 11) is 2.50. The largest absolute Gasteiger partial charge is 0.481 e. The monoisotopic (exact) mass is 685 g/mol. The van der Waals surface area contributed by atoms with Crippen molar-refractivity contribution in [3.8, 4) is 12.1 Å². The molecule has 2 N–H and O–H groups in total. The zero-order valence-electron chi connectivity index (χ0n) is 28.8. The molecule has 1 atom stereocenters. The number of aldehydes is 1. The molecule has 3 aromatic rings. The number of rotatable bonds is 10. The smallest absolute Gasteiger partial charge is 0.407 e. The molecule has 0 aliphatic heterocycles. The summed E-state index contributed by atoms with van der Waals surface area (Å²) in [6.45, 7) is 5.31. The van der Waals surface area contributed by atoms with Crippen LogP contribution < -0.4 is 5.32 Å². The van der Waals surface area contributed by atoms with Crippen molar-refractivity contribution in [2.24, 2.45) is 5.92 Å². The second-order valence-corrected chi connectivity index (χ2v) is 10.9. The summed E-state index contributed by atoms with van der Waals surface area (Å²) in [6.07, 6.45) is 2.54. The Morgan fingerprint density at radius 1 is 0.840 bits per heavy atom. The maximum atomic E-state index is 11.5. The van der Waals surface area contributed by atoms with Crippen LogP contribution in [0.5, 0.6) is 0 Å². The summed E-state index contributed by atoms with van der Waals surface area (Å²) in [5.74, 6) is -2.71. The number of carboxylic acids is 1. The summed E-state index contributed by atoms with van der Waals surface area (Å²) in [4.78, 5) is 53.7. The van der Waals surface area contributed by atoms with Gasteiger partial charge < -0.3 is 29.4 Å². The van der Waals surface area contributed by atoms with Crippen LogP contribution >= 0.6 is 0 Å². The fraction of sp³-hybridized carbons (Fsp3) is 0.289. The second-order valence-electron chi connectivity index (χ2n) is 10.9. The summed E-state index contributed by atoms with van der Waals surface area (Å²) >= 11 is 0. The van der Waals surface area contributed by atoms with Gasteiger partial charge in [0.05, 0.1) is 26.2 Å². The molecule has 3 aromatic carbocycles. The fourth-order valence-corrected chi connectivity index (χ4v) is 3.48. The number of hydrogen-bond acceptors (Lipinski definition) is 10. The number of nitrogens with one attached hydrogen (secondary N) is 1. The highest BCUT2D eigenvalue weighted by Gasteiger charge is 2.21. The molecule has 0 fully saturated rings. The van der Waals surface area contributed by atoms with Gasteiger partial charge in [-0.15, -0.1) is 0 Å². The van der Waals surface area contributed by atoms with Gasteiger partial charge in [-0.1, -0.05) is 91.0 Å². The van der Waals surface area contributed by atoms with Gasteiger partial charge in [0.25, 0.3) is 0 Å². The third-order valence-electron chi connectivity index (χ3n) is 5.82. The van der Waals surface area contributed by atoms with Crippen molar-refractivity contribution in [3.05, 3.63) is 113 Å². The van der Waals surface area contributed by atoms with E-state index in [1.807, 2.05) is 78.9 Å². The molecule has 0 aliphatic carbocycles. The van der Waals surface area contributed by atoms with Gasteiger partial charge in [-0.25, -0.2) is 9.59 Å². The van der Waals surface area contributed by atoms with Crippen molar-refractivity contribution in [2.75, 3.05) is 20.8 Å². The Hall–Kier alpha value is -6.27. The number of benzene rings is 3. The minimum absolute atomic E-state index is 0.00120. The molecule has 0 bridgehead atoms. The second kappa shape index (κ2) is 25.8. The number of amides is 1. The normalized spacial score (nSPS) is 10.5. The lowest BCUT2D eigenvalue weighted by molar-refractivity contribution is -0.141. The minimum atomic E-state index is -0.940. The summed E-state index contributed by atoms with van der Waals surface area (Å²) < 4.78 is 13.6. The molecule has 264 valence electrons. The first-order valence-electron chi connectivity index (χ1n) is 15.2. The number of esters is 2. The van der Waals surface area contributed by atoms with Gasteiger partial charge in [-0.3, -0.25) is 9.59 Å². The van der Waals surface area contributed by atoms with E-state index in [0.29, 0.717) is 12.8 Å². The molecule has 12 heteroatoms. The predicted molar refractivity (Wildman–Crippen MR) is 186 cm³/mol. The van der Waals surface area contributed by atoms with Crippen LogP contribution in [-0.4, -0.2) is 61.8 Å². The molecular weight excluding hydrogens is 642 g/mol. The van der Waals surface area contributed by atoms with Crippen LogP contribution in [-0.2, 0) is 46.2 Å². The molecule has 0 spiro atoms. The summed E-state index contributed by atoms with van der Waals surface area (Å²) in [5.41, 5.74) is 2.20. The number of nitrogens with zero attached hydrogens (tertiary/aromatic N) is 2. The molecule has 50 heavy (non-hydrogen) atoms. The molecule has 1 amide bonds. The lowest BCUT2D eigenvalue weighted by atomic mass is 9.99. The predicted octanol–water partition coefficient (Wildman–Crippen LogP) is 5.72. The van der Waals surface area contributed by atoms with Gasteiger partial charge in [0.2, 0.25) is 0 Å². The third-order valence-corrected chi connectivity index (χ3v) is 5.82. The highest BCUT2D eigenvalue weighted by Crippen LogP contribution is 2.10. The molecule has 1 unspecified atom stereocenters. The topological polar surface area (TPSA) is 193 Å². The number of carboxylic acid groups (broad SMARTS) is 1. The number of aliphatic carboxylic acids is 1. The van der Waals surface area contributed by atoms with Crippen LogP contribution in [0.15, 0.2) is 96.6 Å².